The fraction of sp³-hybridized carbons (Fsp3) is 0.429. The van der Waals surface area contributed by atoms with Crippen molar-refractivity contribution in [3.8, 4) is 11.5 Å². The van der Waals surface area contributed by atoms with Gasteiger partial charge < -0.3 is 9.84 Å². The van der Waals surface area contributed by atoms with Crippen LogP contribution in [-0.4, -0.2) is 43.8 Å². The molecule has 1 aliphatic heterocycles. The highest BCUT2D eigenvalue weighted by molar-refractivity contribution is 7.91. The Bertz CT molecular complexity index is 712. The molecule has 0 saturated carbocycles. The molecule has 1 amide bonds. The van der Waals surface area contributed by atoms with E-state index in [-0.39, 0.29) is 17.3 Å². The maximum atomic E-state index is 11.9. The summed E-state index contributed by atoms with van der Waals surface area (Å²) in [6, 6.07) is 4.73. The van der Waals surface area contributed by atoms with Crippen molar-refractivity contribution in [1.82, 2.24) is 5.43 Å². The smallest absolute Gasteiger partial charge is 0.244 e. The fourth-order valence-electron chi connectivity index (χ4n) is 2.24. The number of rotatable bonds is 4. The lowest BCUT2D eigenvalue weighted by atomic mass is 10.1. The van der Waals surface area contributed by atoms with Crippen LogP contribution in [-0.2, 0) is 14.6 Å². The monoisotopic (exact) mass is 326 g/mol. The van der Waals surface area contributed by atoms with Crippen molar-refractivity contribution in [2.24, 2.45) is 11.0 Å². The summed E-state index contributed by atoms with van der Waals surface area (Å²) < 4.78 is 27.7. The van der Waals surface area contributed by atoms with Gasteiger partial charge in [-0.1, -0.05) is 0 Å². The average molecular weight is 326 g/mol. The maximum absolute atomic E-state index is 11.9. The number of sulfone groups is 1. The third-order valence-corrected chi connectivity index (χ3v) is 5.30. The van der Waals surface area contributed by atoms with E-state index in [1.54, 1.807) is 19.1 Å². The summed E-state index contributed by atoms with van der Waals surface area (Å²) in [7, 11) is -1.62. The van der Waals surface area contributed by atoms with E-state index in [0.717, 1.165) is 0 Å². The van der Waals surface area contributed by atoms with Gasteiger partial charge >= 0.3 is 0 Å². The molecule has 2 N–H and O–H groups in total. The summed E-state index contributed by atoms with van der Waals surface area (Å²) in [6.45, 7) is 1.63. The molecule has 1 saturated heterocycles. The molecule has 1 aromatic rings. The second kappa shape index (κ2) is 6.35. The van der Waals surface area contributed by atoms with Gasteiger partial charge in [-0.15, -0.1) is 0 Å². The lowest BCUT2D eigenvalue weighted by Gasteiger charge is -2.08. The van der Waals surface area contributed by atoms with E-state index in [2.05, 4.69) is 10.5 Å². The van der Waals surface area contributed by atoms with Crippen LogP contribution < -0.4 is 10.2 Å². The minimum Gasteiger partial charge on any atom is -0.507 e. The van der Waals surface area contributed by atoms with Gasteiger partial charge in [-0.25, -0.2) is 13.8 Å². The Hall–Kier alpha value is -2.09. The topological polar surface area (TPSA) is 105 Å². The minimum absolute atomic E-state index is 0.0155. The number of amides is 1. The summed E-state index contributed by atoms with van der Waals surface area (Å²) >= 11 is 0. The molecule has 1 heterocycles. The van der Waals surface area contributed by atoms with Crippen LogP contribution in [0.25, 0.3) is 0 Å². The molecule has 22 heavy (non-hydrogen) atoms. The zero-order chi connectivity index (χ0) is 16.3. The van der Waals surface area contributed by atoms with Gasteiger partial charge in [-0.05, 0) is 25.5 Å². The molecule has 120 valence electrons. The number of nitrogens with one attached hydrogen (secondary N) is 1. The van der Waals surface area contributed by atoms with E-state index in [0.29, 0.717) is 23.4 Å². The molecule has 8 heteroatoms. The number of hydrogen-bond donors (Lipinski definition) is 2. The average Bonchev–Trinajstić information content (AvgIpc) is 2.84. The van der Waals surface area contributed by atoms with Gasteiger partial charge in [0, 0.05) is 11.6 Å². The summed E-state index contributed by atoms with van der Waals surface area (Å²) in [6.07, 6.45) is 0.316. The van der Waals surface area contributed by atoms with Crippen LogP contribution in [0, 0.1) is 5.92 Å². The quantitative estimate of drug-likeness (QED) is 0.625. The fourth-order valence-corrected chi connectivity index (χ4v) is 3.98. The second-order valence-electron chi connectivity index (χ2n) is 5.16. The number of hydrogen-bond acceptors (Lipinski definition) is 6. The Morgan fingerprint density at radius 2 is 2.18 bits per heavy atom. The van der Waals surface area contributed by atoms with Gasteiger partial charge in [-0.2, -0.15) is 5.10 Å². The number of nitrogens with zero attached hydrogens (tertiary/aromatic N) is 1. The number of ether oxygens (including phenoxy) is 1. The Balaban J connectivity index is 2.05. The zero-order valence-electron chi connectivity index (χ0n) is 12.4. The predicted molar refractivity (Wildman–Crippen MR) is 81.8 cm³/mol. The van der Waals surface area contributed by atoms with Gasteiger partial charge in [0.05, 0.1) is 30.2 Å². The minimum atomic E-state index is -3.11. The van der Waals surface area contributed by atoms with Crippen molar-refractivity contribution in [2.45, 2.75) is 13.3 Å². The first-order valence-electron chi connectivity index (χ1n) is 6.74. The van der Waals surface area contributed by atoms with Crippen molar-refractivity contribution in [3.05, 3.63) is 23.8 Å². The summed E-state index contributed by atoms with van der Waals surface area (Å²) in [5, 5.41) is 13.8. The third-order valence-electron chi connectivity index (χ3n) is 3.53. The number of carbonyl (C=O) groups excluding carboxylic acids is 1. The summed E-state index contributed by atoms with van der Waals surface area (Å²) in [4.78, 5) is 11.9. The van der Waals surface area contributed by atoms with E-state index in [9.17, 15) is 18.3 Å². The highest BCUT2D eigenvalue weighted by Gasteiger charge is 2.32. The van der Waals surface area contributed by atoms with E-state index in [1.165, 1.54) is 13.2 Å². The highest BCUT2D eigenvalue weighted by atomic mass is 32.2. The van der Waals surface area contributed by atoms with Crippen LogP contribution in [0.4, 0.5) is 0 Å². The molecule has 7 nitrogen and oxygen atoms in total. The molecule has 0 radical (unpaired) electrons. The second-order valence-corrected chi connectivity index (χ2v) is 7.39. The Labute approximate surface area is 128 Å². The molecule has 1 fully saturated rings. The number of methoxy groups -OCH3 is 1. The largest absolute Gasteiger partial charge is 0.507 e. The summed E-state index contributed by atoms with van der Waals surface area (Å²) in [5.41, 5.74) is 3.23. The van der Waals surface area contributed by atoms with Crippen molar-refractivity contribution in [2.75, 3.05) is 18.6 Å². The molecule has 1 atom stereocenters. The summed E-state index contributed by atoms with van der Waals surface area (Å²) in [5.74, 6) is -0.596. The lowest BCUT2D eigenvalue weighted by Crippen LogP contribution is -2.28. The number of phenolic OH excluding ortho intramolecular Hbond substituents is 1. The van der Waals surface area contributed by atoms with Crippen LogP contribution >= 0.6 is 0 Å². The first-order valence-corrected chi connectivity index (χ1v) is 8.56. The molecular weight excluding hydrogens is 308 g/mol. The third kappa shape index (κ3) is 3.76. The van der Waals surface area contributed by atoms with Crippen LogP contribution in [0.5, 0.6) is 11.5 Å². The SMILES string of the molecule is COc1ccc(/C(C)=N/NC(=O)[C@@H]2CCS(=O)(=O)C2)c(O)c1. The number of benzene rings is 1. The molecule has 2 rings (SSSR count). The van der Waals surface area contributed by atoms with Crippen molar-refractivity contribution >= 4 is 21.5 Å². The maximum Gasteiger partial charge on any atom is 0.244 e. The number of hydrazone groups is 1. The van der Waals surface area contributed by atoms with Gasteiger partial charge in [0.15, 0.2) is 9.84 Å². The van der Waals surface area contributed by atoms with Crippen LogP contribution in [0.3, 0.4) is 0 Å². The van der Waals surface area contributed by atoms with E-state index in [1.807, 2.05) is 0 Å². The molecule has 0 bridgehead atoms. The van der Waals surface area contributed by atoms with E-state index in [4.69, 9.17) is 4.74 Å². The molecule has 0 spiro atoms. The van der Waals surface area contributed by atoms with Crippen LogP contribution in [0.15, 0.2) is 23.3 Å². The van der Waals surface area contributed by atoms with Gasteiger partial charge in [-0.3, -0.25) is 4.79 Å². The Morgan fingerprint density at radius 1 is 1.45 bits per heavy atom. The number of aromatic hydroxyl groups is 1. The predicted octanol–water partition coefficient (Wildman–Crippen LogP) is 0.676. The number of phenols is 1. The van der Waals surface area contributed by atoms with E-state index >= 15 is 0 Å². The Morgan fingerprint density at radius 3 is 2.73 bits per heavy atom. The normalized spacial score (nSPS) is 20.6. The molecule has 0 aliphatic carbocycles. The molecule has 0 aromatic heterocycles. The molecular formula is C14H18N2O5S. The van der Waals surface area contributed by atoms with Gasteiger partial charge in [0.2, 0.25) is 5.91 Å². The number of carbonyl (C=O) groups is 1. The van der Waals surface area contributed by atoms with Gasteiger partial charge in [0.1, 0.15) is 11.5 Å². The first-order chi connectivity index (χ1) is 10.3. The van der Waals surface area contributed by atoms with Crippen molar-refractivity contribution in [1.29, 1.82) is 0 Å². The van der Waals surface area contributed by atoms with E-state index < -0.39 is 21.7 Å². The van der Waals surface area contributed by atoms with Gasteiger partial charge in [0.25, 0.3) is 0 Å². The molecule has 0 unspecified atom stereocenters. The standard InChI is InChI=1S/C14H18N2O5S/c1-9(12-4-3-11(21-2)7-13(12)17)15-16-14(18)10-5-6-22(19,20)8-10/h3-4,7,10,17H,5-6,8H2,1-2H3,(H,16,18)/b15-9+/t10-/m1/s1. The van der Waals surface area contributed by atoms with Crippen LogP contribution in [0.2, 0.25) is 0 Å². The van der Waals surface area contributed by atoms with Crippen molar-refractivity contribution in [3.63, 3.8) is 0 Å². The zero-order valence-corrected chi connectivity index (χ0v) is 13.2. The van der Waals surface area contributed by atoms with Crippen molar-refractivity contribution < 1.29 is 23.1 Å². The Kier molecular flexibility index (Phi) is 4.70. The van der Waals surface area contributed by atoms with Crippen LogP contribution in [0.1, 0.15) is 18.9 Å². The molecule has 1 aliphatic rings. The molecule has 1 aromatic carbocycles. The highest BCUT2D eigenvalue weighted by Crippen LogP contribution is 2.24. The first kappa shape index (κ1) is 16.3. The lowest BCUT2D eigenvalue weighted by molar-refractivity contribution is -0.124.